The number of rotatable bonds is 7. The van der Waals surface area contributed by atoms with Gasteiger partial charge in [0.15, 0.2) is 5.78 Å². The third-order valence-corrected chi connectivity index (χ3v) is 4.82. The molecule has 2 heterocycles. The van der Waals surface area contributed by atoms with Gasteiger partial charge in [-0.15, -0.1) is 0 Å². The quantitative estimate of drug-likeness (QED) is 0.588. The van der Waals surface area contributed by atoms with Crippen LogP contribution in [-0.2, 0) is 14.4 Å². The zero-order valence-electron chi connectivity index (χ0n) is 15.4. The third-order valence-electron chi connectivity index (χ3n) is 4.82. The molecule has 142 valence electrons. The van der Waals surface area contributed by atoms with E-state index in [1.165, 1.54) is 0 Å². The first-order valence-electron chi connectivity index (χ1n) is 9.32. The molecule has 1 N–H and O–H groups in total. The number of carbonyl (C=O) groups excluding carboxylic acids is 1. The summed E-state index contributed by atoms with van der Waals surface area (Å²) in [7, 11) is 0. The van der Waals surface area contributed by atoms with E-state index in [1.807, 2.05) is 19.9 Å². The van der Waals surface area contributed by atoms with Gasteiger partial charge in [0.25, 0.3) is 0 Å². The monoisotopic (exact) mass is 362 g/mol. The summed E-state index contributed by atoms with van der Waals surface area (Å²) in [6, 6.07) is 1.90. The zero-order valence-corrected chi connectivity index (χ0v) is 15.4. The summed E-state index contributed by atoms with van der Waals surface area (Å²) < 4.78 is 10.9. The van der Waals surface area contributed by atoms with Crippen LogP contribution in [0, 0.1) is 0 Å². The Morgan fingerprint density at radius 1 is 1.38 bits per heavy atom. The molecule has 7 heteroatoms. The molecule has 7 nitrogen and oxygen atoms in total. The number of allylic oxidation sites excluding steroid dienone is 2. The van der Waals surface area contributed by atoms with Crippen molar-refractivity contribution in [3.63, 3.8) is 0 Å². The van der Waals surface area contributed by atoms with Gasteiger partial charge in [-0.25, -0.2) is 0 Å². The van der Waals surface area contributed by atoms with Crippen molar-refractivity contribution in [2.75, 3.05) is 19.8 Å². The largest absolute Gasteiger partial charge is 0.511 e. The molecule has 1 aliphatic heterocycles. The van der Waals surface area contributed by atoms with Gasteiger partial charge >= 0.3 is 0 Å². The van der Waals surface area contributed by atoms with E-state index in [4.69, 9.17) is 14.1 Å². The molecule has 1 aromatic rings. The molecule has 2 unspecified atom stereocenters. The number of Topliss-reactive ketones (excluding diaryl/α,β-unsaturated/α-hetero) is 1. The topological polar surface area (TPSA) is 94.2 Å². The maximum Gasteiger partial charge on any atom is 0.168 e. The summed E-state index contributed by atoms with van der Waals surface area (Å²) in [4.78, 5) is 17.8. The van der Waals surface area contributed by atoms with Crippen molar-refractivity contribution in [1.29, 1.82) is 0 Å². The molecule has 0 bridgehead atoms. The molecule has 0 spiro atoms. The summed E-state index contributed by atoms with van der Waals surface area (Å²) in [5, 5.41) is 18.7. The van der Waals surface area contributed by atoms with Crippen molar-refractivity contribution >= 4 is 11.5 Å². The van der Waals surface area contributed by atoms with E-state index in [-0.39, 0.29) is 29.8 Å². The van der Waals surface area contributed by atoms with E-state index in [0.717, 1.165) is 25.1 Å². The molecule has 2 aliphatic rings. The van der Waals surface area contributed by atoms with Gasteiger partial charge in [-0.2, -0.15) is 0 Å². The van der Waals surface area contributed by atoms with Gasteiger partial charge in [-0.1, -0.05) is 23.7 Å². The second kappa shape index (κ2) is 8.49. The average molecular weight is 362 g/mol. The molecular weight excluding hydrogens is 336 g/mol. The first-order valence-corrected chi connectivity index (χ1v) is 9.32. The van der Waals surface area contributed by atoms with E-state index < -0.39 is 0 Å². The lowest BCUT2D eigenvalue weighted by atomic mass is 9.83. The van der Waals surface area contributed by atoms with Crippen molar-refractivity contribution in [3.05, 3.63) is 28.9 Å². The number of oxime groups is 1. The van der Waals surface area contributed by atoms with Gasteiger partial charge in [0.2, 0.25) is 0 Å². The van der Waals surface area contributed by atoms with Crippen molar-refractivity contribution in [3.8, 4) is 0 Å². The molecule has 2 atom stereocenters. The number of ketones is 1. The SMILES string of the molecule is CCCC(=NOCC)C1=C(O)CC(c2cc(C3CCOC3)no2)CC1=O. The summed E-state index contributed by atoms with van der Waals surface area (Å²) in [6.07, 6.45) is 2.94. The van der Waals surface area contributed by atoms with E-state index in [2.05, 4.69) is 10.3 Å². The number of aliphatic hydroxyl groups excluding tert-OH is 1. The molecule has 26 heavy (non-hydrogen) atoms. The van der Waals surface area contributed by atoms with Gasteiger partial charge in [0.05, 0.1) is 23.6 Å². The van der Waals surface area contributed by atoms with E-state index in [0.29, 0.717) is 43.1 Å². The van der Waals surface area contributed by atoms with Gasteiger partial charge in [-0.3, -0.25) is 4.79 Å². The number of nitrogens with zero attached hydrogens (tertiary/aromatic N) is 2. The van der Waals surface area contributed by atoms with Crippen molar-refractivity contribution < 1.29 is 24.0 Å². The lowest BCUT2D eigenvalue weighted by molar-refractivity contribution is -0.116. The lowest BCUT2D eigenvalue weighted by Crippen LogP contribution is -2.24. The maximum absolute atomic E-state index is 12.7. The molecule has 0 saturated carbocycles. The van der Waals surface area contributed by atoms with E-state index >= 15 is 0 Å². The number of carbonyl (C=O) groups is 1. The minimum absolute atomic E-state index is 0.0558. The Kier molecular flexibility index (Phi) is 6.08. The second-order valence-corrected chi connectivity index (χ2v) is 6.77. The number of aliphatic hydroxyl groups is 1. The molecular formula is C19H26N2O5. The molecule has 1 fully saturated rings. The van der Waals surface area contributed by atoms with Crippen LogP contribution < -0.4 is 0 Å². The highest BCUT2D eigenvalue weighted by molar-refractivity contribution is 6.23. The molecule has 0 aromatic carbocycles. The Morgan fingerprint density at radius 3 is 2.88 bits per heavy atom. The fourth-order valence-corrected chi connectivity index (χ4v) is 3.48. The second-order valence-electron chi connectivity index (χ2n) is 6.77. The van der Waals surface area contributed by atoms with Crippen LogP contribution in [-0.4, -0.2) is 41.6 Å². The highest BCUT2D eigenvalue weighted by atomic mass is 16.6. The highest BCUT2D eigenvalue weighted by Crippen LogP contribution is 2.36. The van der Waals surface area contributed by atoms with Crippen LogP contribution in [0.3, 0.4) is 0 Å². The molecule has 1 saturated heterocycles. The van der Waals surface area contributed by atoms with E-state index in [9.17, 15) is 9.90 Å². The first-order chi connectivity index (χ1) is 12.6. The Bertz CT molecular complexity index is 701. The number of aromatic nitrogens is 1. The molecule has 3 rings (SSSR count). The standard InChI is InChI=1S/C19H26N2O5/c1-3-5-14(20-25-4-2)19-16(22)8-13(9-17(19)23)18-10-15(21-26-18)12-6-7-24-11-12/h10,12-13,22H,3-9,11H2,1-2H3. The summed E-state index contributed by atoms with van der Waals surface area (Å²) in [5.41, 5.74) is 1.70. The fraction of sp³-hybridized carbons (Fsp3) is 0.632. The third kappa shape index (κ3) is 3.98. The predicted octanol–water partition coefficient (Wildman–Crippen LogP) is 3.63. The predicted molar refractivity (Wildman–Crippen MR) is 95.3 cm³/mol. The number of hydrogen-bond acceptors (Lipinski definition) is 7. The maximum atomic E-state index is 12.7. The lowest BCUT2D eigenvalue weighted by Gasteiger charge is -2.22. The molecule has 1 aliphatic carbocycles. The van der Waals surface area contributed by atoms with Gasteiger partial charge in [0, 0.05) is 37.4 Å². The highest BCUT2D eigenvalue weighted by Gasteiger charge is 2.34. The summed E-state index contributed by atoms with van der Waals surface area (Å²) in [6.45, 7) is 5.64. The van der Waals surface area contributed by atoms with Crippen molar-refractivity contribution in [1.82, 2.24) is 5.16 Å². The molecule has 0 radical (unpaired) electrons. The number of hydrogen-bond donors (Lipinski definition) is 1. The Hall–Kier alpha value is -2.15. The first kappa shape index (κ1) is 18.6. The fourth-order valence-electron chi connectivity index (χ4n) is 3.48. The van der Waals surface area contributed by atoms with Crippen LogP contribution in [0.5, 0.6) is 0 Å². The van der Waals surface area contributed by atoms with Gasteiger partial charge in [-0.05, 0) is 19.8 Å². The van der Waals surface area contributed by atoms with Gasteiger partial charge in [0.1, 0.15) is 18.1 Å². The summed E-state index contributed by atoms with van der Waals surface area (Å²) >= 11 is 0. The molecule has 1 aromatic heterocycles. The summed E-state index contributed by atoms with van der Waals surface area (Å²) in [5.74, 6) is 0.614. The zero-order chi connectivity index (χ0) is 18.5. The van der Waals surface area contributed by atoms with Crippen LogP contribution >= 0.6 is 0 Å². The average Bonchev–Trinajstić information content (AvgIpc) is 3.29. The van der Waals surface area contributed by atoms with Crippen LogP contribution in [0.25, 0.3) is 0 Å². The normalized spacial score (nSPS) is 24.4. The minimum Gasteiger partial charge on any atom is -0.511 e. The van der Waals surface area contributed by atoms with Gasteiger partial charge < -0.3 is 19.2 Å². The minimum atomic E-state index is -0.204. The Balaban J connectivity index is 1.78. The number of ether oxygens (including phenoxy) is 1. The van der Waals surface area contributed by atoms with Crippen LogP contribution in [0.15, 0.2) is 27.1 Å². The van der Waals surface area contributed by atoms with Crippen LogP contribution in [0.1, 0.15) is 69.2 Å². The van der Waals surface area contributed by atoms with Crippen molar-refractivity contribution in [2.45, 2.75) is 57.8 Å². The Labute approximate surface area is 153 Å². The Morgan fingerprint density at radius 2 is 2.23 bits per heavy atom. The van der Waals surface area contributed by atoms with Crippen LogP contribution in [0.2, 0.25) is 0 Å². The molecule has 0 amide bonds. The van der Waals surface area contributed by atoms with E-state index in [1.54, 1.807) is 0 Å². The smallest absolute Gasteiger partial charge is 0.168 e. The van der Waals surface area contributed by atoms with Crippen molar-refractivity contribution in [2.24, 2.45) is 5.16 Å². The van der Waals surface area contributed by atoms with Crippen LogP contribution in [0.4, 0.5) is 0 Å².